The van der Waals surface area contributed by atoms with E-state index in [1.165, 1.54) is 17.7 Å². The highest BCUT2D eigenvalue weighted by Crippen LogP contribution is 2.37. The molecule has 0 bridgehead atoms. The Hall–Kier alpha value is -1.79. The second-order valence-corrected chi connectivity index (χ2v) is 7.72. The number of carbonyl (C=O) groups is 3. The second-order valence-electron chi connectivity index (χ2n) is 7.72. The quantitative estimate of drug-likeness (QED) is 0.695. The number of urea groups is 1. The largest absolute Gasteiger partial charge is 0.369 e. The van der Waals surface area contributed by atoms with E-state index < -0.39 is 23.7 Å². The normalized spacial score (nSPS) is 27.7. The van der Waals surface area contributed by atoms with Gasteiger partial charge in [-0.25, -0.2) is 4.79 Å². The lowest BCUT2D eigenvalue weighted by Gasteiger charge is -2.34. The van der Waals surface area contributed by atoms with Gasteiger partial charge in [-0.05, 0) is 37.0 Å². The average Bonchev–Trinajstić information content (AvgIpc) is 2.91. The van der Waals surface area contributed by atoms with Gasteiger partial charge in [0.25, 0.3) is 0 Å². The number of nitrogens with one attached hydrogen (secondary N) is 1. The van der Waals surface area contributed by atoms with E-state index >= 15 is 0 Å². The number of rotatable bonds is 4. The number of likely N-dealkylation sites (tertiary alicyclic amines) is 1. The molecule has 2 rings (SSSR count). The molecule has 0 radical (unpaired) electrons. The Kier molecular flexibility index (Phi) is 5.16. The van der Waals surface area contributed by atoms with Crippen molar-refractivity contribution in [1.82, 2.24) is 10.2 Å². The SMILES string of the molecule is CC1(C)CCC(CNC(=O)N2CC(C(N)=O)C(C(N)=O)C2)CC1. The molecule has 23 heavy (non-hydrogen) atoms. The first kappa shape index (κ1) is 17.6. The van der Waals surface area contributed by atoms with Gasteiger partial charge in [0.2, 0.25) is 11.8 Å². The van der Waals surface area contributed by atoms with Gasteiger partial charge in [-0.3, -0.25) is 9.59 Å². The highest BCUT2D eigenvalue weighted by Gasteiger charge is 2.41. The van der Waals surface area contributed by atoms with Crippen molar-refractivity contribution in [2.24, 2.45) is 34.6 Å². The van der Waals surface area contributed by atoms with Gasteiger partial charge in [-0.15, -0.1) is 0 Å². The van der Waals surface area contributed by atoms with Crippen LogP contribution in [-0.2, 0) is 9.59 Å². The zero-order valence-corrected chi connectivity index (χ0v) is 14.0. The lowest BCUT2D eigenvalue weighted by atomic mass is 9.73. The van der Waals surface area contributed by atoms with E-state index in [9.17, 15) is 14.4 Å². The maximum atomic E-state index is 12.3. The van der Waals surface area contributed by atoms with E-state index in [4.69, 9.17) is 11.5 Å². The molecule has 0 aromatic rings. The number of carbonyl (C=O) groups excluding carboxylic acids is 3. The number of hydrogen-bond acceptors (Lipinski definition) is 3. The molecule has 4 amide bonds. The standard InChI is InChI=1S/C16H28N4O3/c1-16(2)5-3-10(4-6-16)7-19-15(23)20-8-11(13(17)21)12(9-20)14(18)22/h10-12H,3-9H2,1-2H3,(H2,17,21)(H2,18,22)(H,19,23). The van der Waals surface area contributed by atoms with Gasteiger partial charge < -0.3 is 21.7 Å². The van der Waals surface area contributed by atoms with Crippen molar-refractivity contribution < 1.29 is 14.4 Å². The molecule has 7 heteroatoms. The van der Waals surface area contributed by atoms with Gasteiger partial charge in [0, 0.05) is 19.6 Å². The molecule has 2 unspecified atom stereocenters. The van der Waals surface area contributed by atoms with E-state index in [1.54, 1.807) is 0 Å². The first-order chi connectivity index (χ1) is 10.7. The molecule has 0 spiro atoms. The summed E-state index contributed by atoms with van der Waals surface area (Å²) in [6.07, 6.45) is 4.57. The second kappa shape index (κ2) is 6.76. The van der Waals surface area contributed by atoms with Gasteiger partial charge in [-0.2, -0.15) is 0 Å². The lowest BCUT2D eigenvalue weighted by Crippen LogP contribution is -2.42. The third-order valence-corrected chi connectivity index (χ3v) is 5.34. The number of primary amides is 2. The first-order valence-electron chi connectivity index (χ1n) is 8.31. The van der Waals surface area contributed by atoms with Crippen LogP contribution in [0.2, 0.25) is 0 Å². The fourth-order valence-electron chi connectivity index (χ4n) is 3.55. The molecule has 1 saturated carbocycles. The van der Waals surface area contributed by atoms with Gasteiger partial charge in [0.1, 0.15) is 0 Å². The van der Waals surface area contributed by atoms with Crippen LogP contribution < -0.4 is 16.8 Å². The minimum Gasteiger partial charge on any atom is -0.369 e. The van der Waals surface area contributed by atoms with E-state index in [1.807, 2.05) is 0 Å². The van der Waals surface area contributed by atoms with Crippen LogP contribution in [0.3, 0.4) is 0 Å². The number of amides is 4. The average molecular weight is 324 g/mol. The lowest BCUT2D eigenvalue weighted by molar-refractivity contribution is -0.129. The summed E-state index contributed by atoms with van der Waals surface area (Å²) in [5.74, 6) is -2.05. The van der Waals surface area contributed by atoms with Crippen molar-refractivity contribution in [2.45, 2.75) is 39.5 Å². The van der Waals surface area contributed by atoms with E-state index in [0.717, 1.165) is 12.8 Å². The highest BCUT2D eigenvalue weighted by molar-refractivity contribution is 5.88. The van der Waals surface area contributed by atoms with Crippen molar-refractivity contribution in [3.8, 4) is 0 Å². The van der Waals surface area contributed by atoms with Gasteiger partial charge in [-0.1, -0.05) is 13.8 Å². The molecule has 1 aliphatic carbocycles. The third kappa shape index (κ3) is 4.36. The molecular formula is C16H28N4O3. The summed E-state index contributed by atoms with van der Waals surface area (Å²) in [7, 11) is 0. The monoisotopic (exact) mass is 324 g/mol. The summed E-state index contributed by atoms with van der Waals surface area (Å²) in [4.78, 5) is 36.5. The molecule has 7 nitrogen and oxygen atoms in total. The van der Waals surface area contributed by atoms with Crippen molar-refractivity contribution >= 4 is 17.8 Å². The van der Waals surface area contributed by atoms with E-state index in [0.29, 0.717) is 17.9 Å². The number of nitrogens with zero attached hydrogens (tertiary/aromatic N) is 1. The van der Waals surface area contributed by atoms with E-state index in [2.05, 4.69) is 19.2 Å². The molecule has 0 aromatic heterocycles. The Balaban J connectivity index is 1.82. The van der Waals surface area contributed by atoms with Crippen LogP contribution in [0, 0.1) is 23.2 Å². The van der Waals surface area contributed by atoms with Crippen LogP contribution in [0.15, 0.2) is 0 Å². The highest BCUT2D eigenvalue weighted by atomic mass is 16.2. The van der Waals surface area contributed by atoms with Crippen LogP contribution in [0.25, 0.3) is 0 Å². The van der Waals surface area contributed by atoms with Crippen LogP contribution in [-0.4, -0.2) is 42.4 Å². The van der Waals surface area contributed by atoms with Crippen molar-refractivity contribution in [2.75, 3.05) is 19.6 Å². The Morgan fingerprint density at radius 3 is 1.96 bits per heavy atom. The van der Waals surface area contributed by atoms with E-state index in [-0.39, 0.29) is 19.1 Å². The van der Waals surface area contributed by atoms with Crippen molar-refractivity contribution in [3.05, 3.63) is 0 Å². The van der Waals surface area contributed by atoms with Crippen LogP contribution in [0.5, 0.6) is 0 Å². The molecule has 130 valence electrons. The summed E-state index contributed by atoms with van der Waals surface area (Å²) >= 11 is 0. The minimum atomic E-state index is -0.686. The molecular weight excluding hydrogens is 296 g/mol. The van der Waals surface area contributed by atoms with Crippen molar-refractivity contribution in [1.29, 1.82) is 0 Å². The number of nitrogens with two attached hydrogens (primary N) is 2. The Bertz CT molecular complexity index is 460. The predicted molar refractivity (Wildman–Crippen MR) is 86.1 cm³/mol. The smallest absolute Gasteiger partial charge is 0.317 e. The Labute approximate surface area is 137 Å². The summed E-state index contributed by atoms with van der Waals surface area (Å²) in [6.45, 7) is 5.51. The summed E-state index contributed by atoms with van der Waals surface area (Å²) in [6, 6.07) is -0.246. The van der Waals surface area contributed by atoms with Gasteiger partial charge in [0.15, 0.2) is 0 Å². The molecule has 0 aromatic carbocycles. The molecule has 2 fully saturated rings. The molecule has 1 saturated heterocycles. The summed E-state index contributed by atoms with van der Waals surface area (Å²) < 4.78 is 0. The fraction of sp³-hybridized carbons (Fsp3) is 0.812. The van der Waals surface area contributed by atoms with Crippen LogP contribution in [0.4, 0.5) is 4.79 Å². The Morgan fingerprint density at radius 2 is 1.52 bits per heavy atom. The topological polar surface area (TPSA) is 119 Å². The zero-order chi connectivity index (χ0) is 17.2. The molecule has 2 aliphatic rings. The van der Waals surface area contributed by atoms with Crippen molar-refractivity contribution in [3.63, 3.8) is 0 Å². The molecule has 1 aliphatic heterocycles. The zero-order valence-electron chi connectivity index (χ0n) is 14.0. The Morgan fingerprint density at radius 1 is 1.04 bits per heavy atom. The summed E-state index contributed by atoms with van der Waals surface area (Å²) in [5.41, 5.74) is 11.0. The molecule has 1 heterocycles. The number of hydrogen-bond donors (Lipinski definition) is 3. The van der Waals surface area contributed by atoms with Crippen LogP contribution in [0.1, 0.15) is 39.5 Å². The maximum absolute atomic E-state index is 12.3. The predicted octanol–water partition coefficient (Wildman–Crippen LogP) is 0.431. The third-order valence-electron chi connectivity index (χ3n) is 5.34. The molecule has 5 N–H and O–H groups in total. The maximum Gasteiger partial charge on any atom is 0.317 e. The first-order valence-corrected chi connectivity index (χ1v) is 8.31. The minimum absolute atomic E-state index is 0.159. The van der Waals surface area contributed by atoms with Gasteiger partial charge >= 0.3 is 6.03 Å². The fourth-order valence-corrected chi connectivity index (χ4v) is 3.55. The van der Waals surface area contributed by atoms with Crippen LogP contribution >= 0.6 is 0 Å². The summed E-state index contributed by atoms with van der Waals surface area (Å²) in [5, 5.41) is 2.92. The molecule has 2 atom stereocenters. The van der Waals surface area contributed by atoms with Gasteiger partial charge in [0.05, 0.1) is 11.8 Å².